The van der Waals surface area contributed by atoms with Crippen LogP contribution in [0.15, 0.2) is 42.5 Å². The van der Waals surface area contributed by atoms with Crippen LogP contribution in [0.4, 0.5) is 5.69 Å². The van der Waals surface area contributed by atoms with E-state index in [0.29, 0.717) is 22.7 Å². The van der Waals surface area contributed by atoms with Gasteiger partial charge in [0.15, 0.2) is 6.10 Å². The molecule has 1 amide bonds. The molecule has 0 saturated heterocycles. The maximum absolute atomic E-state index is 12.6. The Morgan fingerprint density at radius 3 is 2.43 bits per heavy atom. The van der Waals surface area contributed by atoms with Gasteiger partial charge in [0, 0.05) is 22.0 Å². The first kappa shape index (κ1) is 21.6. The molecule has 0 radical (unpaired) electrons. The number of hydrogen-bond donors (Lipinski definition) is 2. The van der Waals surface area contributed by atoms with Crippen molar-refractivity contribution in [2.45, 2.75) is 40.2 Å². The number of amides is 1. The average Bonchev–Trinajstić information content (AvgIpc) is 3.07. The van der Waals surface area contributed by atoms with Crippen LogP contribution in [-0.2, 0) is 9.53 Å². The molecule has 1 heterocycles. The number of H-pyrrole nitrogens is 1. The van der Waals surface area contributed by atoms with Crippen LogP contribution < -0.4 is 5.32 Å². The van der Waals surface area contributed by atoms with Crippen LogP contribution in [0.1, 0.15) is 40.7 Å². The van der Waals surface area contributed by atoms with Crippen LogP contribution in [0.25, 0.3) is 11.4 Å². The molecule has 1 atom stereocenters. The van der Waals surface area contributed by atoms with E-state index in [0.717, 1.165) is 28.3 Å². The van der Waals surface area contributed by atoms with Crippen LogP contribution in [0.2, 0.25) is 5.02 Å². The zero-order chi connectivity index (χ0) is 21.8. The number of carbonyl (C=O) groups is 2. The van der Waals surface area contributed by atoms with Gasteiger partial charge in [0.2, 0.25) is 0 Å². The van der Waals surface area contributed by atoms with E-state index in [1.807, 2.05) is 26.8 Å². The van der Waals surface area contributed by atoms with Crippen LogP contribution in [-0.4, -0.2) is 27.9 Å². The van der Waals surface area contributed by atoms with Gasteiger partial charge >= 0.3 is 5.97 Å². The molecule has 0 fully saturated rings. The van der Waals surface area contributed by atoms with E-state index in [1.165, 1.54) is 0 Å². The fraction of sp³-hybridized carbons (Fsp3) is 0.261. The van der Waals surface area contributed by atoms with Crippen LogP contribution >= 0.6 is 11.6 Å². The maximum atomic E-state index is 12.6. The van der Waals surface area contributed by atoms with Gasteiger partial charge in [0.05, 0.1) is 11.3 Å². The van der Waals surface area contributed by atoms with Crippen molar-refractivity contribution in [3.8, 4) is 11.4 Å². The highest BCUT2D eigenvalue weighted by Crippen LogP contribution is 2.22. The Labute approximate surface area is 180 Å². The number of imidazole rings is 1. The summed E-state index contributed by atoms with van der Waals surface area (Å²) in [7, 11) is 0. The number of carbonyl (C=O) groups excluding carboxylic acids is 2. The van der Waals surface area contributed by atoms with Crippen molar-refractivity contribution in [2.24, 2.45) is 0 Å². The molecule has 6 nitrogen and oxygen atoms in total. The maximum Gasteiger partial charge on any atom is 0.338 e. The van der Waals surface area contributed by atoms with Crippen molar-refractivity contribution in [2.75, 3.05) is 5.32 Å². The normalized spacial score (nSPS) is 11.8. The summed E-state index contributed by atoms with van der Waals surface area (Å²) in [5.74, 6) is -0.208. The fourth-order valence-corrected chi connectivity index (χ4v) is 3.08. The van der Waals surface area contributed by atoms with E-state index in [-0.39, 0.29) is 0 Å². The SMILES string of the molecule is CCC(OC(=O)c1ccc(-c2nc(C)c(C)[nH]2)cc1)C(=O)Nc1cc(Cl)ccc1C. The minimum Gasteiger partial charge on any atom is -0.449 e. The average molecular weight is 426 g/mol. The second kappa shape index (κ2) is 9.13. The van der Waals surface area contributed by atoms with Gasteiger partial charge < -0.3 is 15.0 Å². The summed E-state index contributed by atoms with van der Waals surface area (Å²) < 4.78 is 5.45. The lowest BCUT2D eigenvalue weighted by molar-refractivity contribution is -0.124. The molecule has 2 aromatic carbocycles. The first-order valence-electron chi connectivity index (χ1n) is 9.70. The predicted octanol–water partition coefficient (Wildman–Crippen LogP) is 5.23. The van der Waals surface area contributed by atoms with Gasteiger partial charge in [-0.05, 0) is 57.0 Å². The number of rotatable bonds is 6. The number of halogens is 1. The molecule has 1 aromatic heterocycles. The monoisotopic (exact) mass is 425 g/mol. The van der Waals surface area contributed by atoms with Gasteiger partial charge in [0.25, 0.3) is 5.91 Å². The van der Waals surface area contributed by atoms with Crippen LogP contribution in [0.5, 0.6) is 0 Å². The lowest BCUT2D eigenvalue weighted by Gasteiger charge is -2.17. The lowest BCUT2D eigenvalue weighted by Crippen LogP contribution is -2.32. The molecule has 0 spiro atoms. The second-order valence-electron chi connectivity index (χ2n) is 7.12. The van der Waals surface area contributed by atoms with E-state index in [2.05, 4.69) is 15.3 Å². The van der Waals surface area contributed by atoms with E-state index in [9.17, 15) is 9.59 Å². The Bertz CT molecular complexity index is 1050. The van der Waals surface area contributed by atoms with Gasteiger partial charge in [-0.2, -0.15) is 0 Å². The topological polar surface area (TPSA) is 84.1 Å². The quantitative estimate of drug-likeness (QED) is 0.529. The van der Waals surface area contributed by atoms with Crippen LogP contribution in [0.3, 0.4) is 0 Å². The summed E-state index contributed by atoms with van der Waals surface area (Å²) >= 11 is 6.00. The van der Waals surface area contributed by atoms with Gasteiger partial charge in [-0.1, -0.05) is 36.7 Å². The fourth-order valence-electron chi connectivity index (χ4n) is 2.91. The molecule has 3 aromatic rings. The van der Waals surface area contributed by atoms with Crippen molar-refractivity contribution in [3.63, 3.8) is 0 Å². The summed E-state index contributed by atoms with van der Waals surface area (Å²) in [4.78, 5) is 32.8. The first-order valence-corrected chi connectivity index (χ1v) is 10.1. The minimum atomic E-state index is -0.911. The first-order chi connectivity index (χ1) is 14.3. The molecule has 0 aliphatic heterocycles. The molecule has 156 valence electrons. The molecule has 0 bridgehead atoms. The highest BCUT2D eigenvalue weighted by Gasteiger charge is 2.23. The zero-order valence-electron chi connectivity index (χ0n) is 17.4. The third kappa shape index (κ3) is 4.89. The summed E-state index contributed by atoms with van der Waals surface area (Å²) in [5.41, 5.74) is 4.62. The van der Waals surface area contributed by atoms with E-state index < -0.39 is 18.0 Å². The Kier molecular flexibility index (Phi) is 6.57. The molecular formula is C23H24ClN3O3. The molecule has 2 N–H and O–H groups in total. The summed E-state index contributed by atoms with van der Waals surface area (Å²) in [6, 6.07) is 12.1. The number of aromatic amines is 1. The number of aromatic nitrogens is 2. The number of hydrogen-bond acceptors (Lipinski definition) is 4. The number of anilines is 1. The van der Waals surface area contributed by atoms with E-state index >= 15 is 0 Å². The third-order valence-electron chi connectivity index (χ3n) is 4.89. The standard InChI is InChI=1S/C23H24ClN3O3/c1-5-20(22(28)27-19-12-18(24)11-6-13(19)2)30-23(29)17-9-7-16(8-10-17)21-25-14(3)15(4)26-21/h6-12,20H,5H2,1-4H3,(H,25,26)(H,27,28). The van der Waals surface area contributed by atoms with E-state index in [4.69, 9.17) is 16.3 Å². The van der Waals surface area contributed by atoms with Crippen molar-refractivity contribution < 1.29 is 14.3 Å². The summed E-state index contributed by atoms with van der Waals surface area (Å²) in [5, 5.41) is 3.30. The number of ether oxygens (including phenoxy) is 1. The highest BCUT2D eigenvalue weighted by molar-refractivity contribution is 6.31. The van der Waals surface area contributed by atoms with Crippen molar-refractivity contribution in [1.29, 1.82) is 0 Å². The Hall–Kier alpha value is -3.12. The molecule has 0 aliphatic rings. The molecule has 0 aliphatic carbocycles. The lowest BCUT2D eigenvalue weighted by atomic mass is 10.1. The largest absolute Gasteiger partial charge is 0.449 e. The van der Waals surface area contributed by atoms with Crippen LogP contribution in [0, 0.1) is 20.8 Å². The minimum absolute atomic E-state index is 0.347. The number of nitrogens with zero attached hydrogens (tertiary/aromatic N) is 1. The van der Waals surface area contributed by atoms with Crippen molar-refractivity contribution in [3.05, 3.63) is 70.0 Å². The van der Waals surface area contributed by atoms with Crippen molar-refractivity contribution in [1.82, 2.24) is 9.97 Å². The van der Waals surface area contributed by atoms with Gasteiger partial charge in [-0.3, -0.25) is 4.79 Å². The Morgan fingerprint density at radius 2 is 1.83 bits per heavy atom. The van der Waals surface area contributed by atoms with Gasteiger partial charge in [-0.15, -0.1) is 0 Å². The molecule has 3 rings (SSSR count). The third-order valence-corrected chi connectivity index (χ3v) is 5.13. The number of nitrogens with one attached hydrogen (secondary N) is 2. The molecule has 1 unspecified atom stereocenters. The Balaban J connectivity index is 1.68. The molecule has 0 saturated carbocycles. The predicted molar refractivity (Wildman–Crippen MR) is 118 cm³/mol. The Morgan fingerprint density at radius 1 is 1.13 bits per heavy atom. The number of benzene rings is 2. The number of esters is 1. The van der Waals surface area contributed by atoms with E-state index in [1.54, 1.807) is 43.3 Å². The second-order valence-corrected chi connectivity index (χ2v) is 7.56. The summed E-state index contributed by atoms with van der Waals surface area (Å²) in [6.07, 6.45) is -0.564. The zero-order valence-corrected chi connectivity index (χ0v) is 18.1. The smallest absolute Gasteiger partial charge is 0.338 e. The molecule has 7 heteroatoms. The number of aryl methyl sites for hydroxylation is 3. The molecular weight excluding hydrogens is 402 g/mol. The summed E-state index contributed by atoms with van der Waals surface area (Å²) in [6.45, 7) is 7.54. The van der Waals surface area contributed by atoms with Gasteiger partial charge in [0.1, 0.15) is 5.82 Å². The van der Waals surface area contributed by atoms with Gasteiger partial charge in [-0.25, -0.2) is 9.78 Å². The van der Waals surface area contributed by atoms with Crippen molar-refractivity contribution >= 4 is 29.2 Å². The molecule has 30 heavy (non-hydrogen) atoms. The highest BCUT2D eigenvalue weighted by atomic mass is 35.5.